The van der Waals surface area contributed by atoms with Gasteiger partial charge in [0, 0.05) is 58.1 Å². The largest absolute Gasteiger partial charge is 0.316 e. The van der Waals surface area contributed by atoms with E-state index in [-0.39, 0.29) is 0 Å². The molecule has 0 spiro atoms. The summed E-state index contributed by atoms with van der Waals surface area (Å²) in [6, 6.07) is 13.6. The number of hydrogen-bond donors (Lipinski definition) is 1. The average molecular weight is 608 g/mol. The Balaban J connectivity index is 0.000000400. The minimum absolute atomic E-state index is 0.553. The van der Waals surface area contributed by atoms with Crippen molar-refractivity contribution in [3.63, 3.8) is 0 Å². The minimum Gasteiger partial charge on any atom is -0.316 e. The first kappa shape index (κ1) is 37.2. The fourth-order valence-electron chi connectivity index (χ4n) is 5.47. The molecule has 1 N–H and O–H groups in total. The van der Waals surface area contributed by atoms with E-state index < -0.39 is 11.6 Å². The van der Waals surface area contributed by atoms with Crippen LogP contribution in [-0.2, 0) is 13.1 Å². The summed E-state index contributed by atoms with van der Waals surface area (Å²) in [5, 5.41) is 2.84. The lowest BCUT2D eigenvalue weighted by Crippen LogP contribution is -2.53. The van der Waals surface area contributed by atoms with Crippen molar-refractivity contribution >= 4 is 6.72 Å². The summed E-state index contributed by atoms with van der Waals surface area (Å²) >= 11 is 0. The Kier molecular flexibility index (Phi) is 17.7. The summed E-state index contributed by atoms with van der Waals surface area (Å²) < 4.78 is 24.8. The van der Waals surface area contributed by atoms with Gasteiger partial charge in [-0.05, 0) is 82.4 Å². The highest BCUT2D eigenvalue weighted by atomic mass is 19.2. The predicted octanol–water partition coefficient (Wildman–Crippen LogP) is 7.39. The molecule has 0 saturated carbocycles. The Morgan fingerprint density at radius 2 is 1.55 bits per heavy atom. The van der Waals surface area contributed by atoms with E-state index in [1.54, 1.807) is 19.3 Å². The van der Waals surface area contributed by atoms with Gasteiger partial charge in [0.2, 0.25) is 0 Å². The van der Waals surface area contributed by atoms with Gasteiger partial charge in [-0.1, -0.05) is 80.5 Å². The Bertz CT molecular complexity index is 1170. The van der Waals surface area contributed by atoms with E-state index in [0.29, 0.717) is 6.54 Å². The first-order valence-electron chi connectivity index (χ1n) is 16.0. The van der Waals surface area contributed by atoms with Crippen LogP contribution in [0.5, 0.6) is 0 Å². The highest BCUT2D eigenvalue weighted by Crippen LogP contribution is 2.20. The number of hydrogen-bond acceptors (Lipinski definition) is 5. The van der Waals surface area contributed by atoms with Gasteiger partial charge in [-0.2, -0.15) is 0 Å². The number of benzene rings is 2. The van der Waals surface area contributed by atoms with Gasteiger partial charge in [0.1, 0.15) is 0 Å². The van der Waals surface area contributed by atoms with Crippen LogP contribution < -0.4 is 5.32 Å². The smallest absolute Gasteiger partial charge is 0.159 e. The Morgan fingerprint density at radius 1 is 0.932 bits per heavy atom. The molecule has 4 rings (SSSR count). The first-order valence-corrected chi connectivity index (χ1v) is 16.0. The molecule has 2 saturated heterocycles. The standard InChI is InChI=1S/C26H38N4.C8H9F2N.C3H8/c1-5-24(19-27-4)18-23(3)20-29-14-16-30(17-15-29)26-10-12-28(13-11-26)21-25-8-6-22(2)7-9-25;1-11-5-6-2-3-7(9)8(10)4-6;1-3-2/h5-9,18-19,26H,1,4,10-17,20-21H2,2-3H3;2-4,11H,5H2,1H3;3H2,1-2H3/b23-18-,24-19-;;. The summed E-state index contributed by atoms with van der Waals surface area (Å²) in [6.07, 6.45) is 9.61. The van der Waals surface area contributed by atoms with Crippen LogP contribution in [0.4, 0.5) is 8.78 Å². The molecule has 0 atom stereocenters. The summed E-state index contributed by atoms with van der Waals surface area (Å²) in [4.78, 5) is 11.8. The molecule has 44 heavy (non-hydrogen) atoms. The minimum atomic E-state index is -0.801. The third-order valence-electron chi connectivity index (χ3n) is 7.73. The van der Waals surface area contributed by atoms with Gasteiger partial charge in [0.05, 0.1) is 0 Å². The highest BCUT2D eigenvalue weighted by molar-refractivity contribution is 5.35. The van der Waals surface area contributed by atoms with E-state index in [1.807, 2.05) is 6.08 Å². The van der Waals surface area contributed by atoms with Crippen molar-refractivity contribution in [1.82, 2.24) is 20.0 Å². The van der Waals surface area contributed by atoms with Crippen LogP contribution in [-0.4, -0.2) is 80.3 Å². The van der Waals surface area contributed by atoms with Gasteiger partial charge in [-0.15, -0.1) is 0 Å². The summed E-state index contributed by atoms with van der Waals surface area (Å²) in [7, 11) is 1.75. The van der Waals surface area contributed by atoms with Crippen molar-refractivity contribution in [2.75, 3.05) is 52.9 Å². The summed E-state index contributed by atoms with van der Waals surface area (Å²) in [5.41, 5.74) is 5.90. The fraction of sp³-hybridized carbons (Fsp3) is 0.486. The lowest BCUT2D eigenvalue weighted by molar-refractivity contribution is 0.0606. The zero-order valence-electron chi connectivity index (χ0n) is 27.8. The molecule has 0 aliphatic carbocycles. The normalized spacial score (nSPS) is 17.2. The molecular formula is C37H55F2N5. The van der Waals surface area contributed by atoms with E-state index in [9.17, 15) is 8.78 Å². The maximum Gasteiger partial charge on any atom is 0.159 e. The van der Waals surface area contributed by atoms with Crippen LogP contribution in [0.2, 0.25) is 0 Å². The molecule has 0 amide bonds. The van der Waals surface area contributed by atoms with E-state index in [1.165, 1.54) is 68.2 Å². The number of aryl methyl sites for hydroxylation is 1. The van der Waals surface area contributed by atoms with Crippen molar-refractivity contribution in [3.05, 3.63) is 107 Å². The van der Waals surface area contributed by atoms with Crippen molar-refractivity contribution in [2.24, 2.45) is 4.99 Å². The number of allylic oxidation sites excluding steroid dienone is 3. The van der Waals surface area contributed by atoms with Crippen LogP contribution in [0.25, 0.3) is 0 Å². The van der Waals surface area contributed by atoms with Gasteiger partial charge < -0.3 is 5.32 Å². The zero-order chi connectivity index (χ0) is 32.3. The maximum atomic E-state index is 12.5. The molecule has 2 aromatic carbocycles. The van der Waals surface area contributed by atoms with Crippen molar-refractivity contribution in [3.8, 4) is 0 Å². The van der Waals surface area contributed by atoms with Crippen molar-refractivity contribution in [2.45, 2.75) is 66.1 Å². The molecule has 2 aliphatic rings. The van der Waals surface area contributed by atoms with Crippen molar-refractivity contribution < 1.29 is 8.78 Å². The second-order valence-corrected chi connectivity index (χ2v) is 11.8. The number of nitrogens with one attached hydrogen (secondary N) is 1. The molecule has 0 unspecified atom stereocenters. The van der Waals surface area contributed by atoms with Gasteiger partial charge >= 0.3 is 0 Å². The summed E-state index contributed by atoms with van der Waals surface area (Å²) in [6.45, 7) is 25.8. The first-order chi connectivity index (χ1) is 21.2. The third kappa shape index (κ3) is 13.8. The second kappa shape index (κ2) is 20.9. The topological polar surface area (TPSA) is 34.1 Å². The third-order valence-corrected chi connectivity index (χ3v) is 7.73. The molecule has 2 aliphatic heterocycles. The van der Waals surface area contributed by atoms with E-state index in [2.05, 4.69) is 96.3 Å². The zero-order valence-corrected chi connectivity index (χ0v) is 27.8. The SMILES string of the molecule is C=CC(=C/N=C)/C=C(/C)CN1CCN(C2CCN(Cc3ccc(C)cc3)CC2)CC1.CCC.CNCc1ccc(F)c(F)c1. The van der Waals surface area contributed by atoms with Gasteiger partial charge in [-0.25, -0.2) is 8.78 Å². The lowest BCUT2D eigenvalue weighted by atomic mass is 10.0. The fourth-order valence-corrected chi connectivity index (χ4v) is 5.47. The number of halogens is 2. The predicted molar refractivity (Wildman–Crippen MR) is 184 cm³/mol. The monoisotopic (exact) mass is 607 g/mol. The lowest BCUT2D eigenvalue weighted by Gasteiger charge is -2.43. The van der Waals surface area contributed by atoms with Crippen LogP contribution in [0.1, 0.15) is 56.7 Å². The second-order valence-electron chi connectivity index (χ2n) is 11.8. The van der Waals surface area contributed by atoms with Crippen LogP contribution >= 0.6 is 0 Å². The number of nitrogens with zero attached hydrogens (tertiary/aromatic N) is 4. The average Bonchev–Trinajstić information content (AvgIpc) is 3.02. The molecule has 2 aromatic rings. The molecule has 5 nitrogen and oxygen atoms in total. The number of piperazine rings is 1. The van der Waals surface area contributed by atoms with Crippen molar-refractivity contribution in [1.29, 1.82) is 0 Å². The van der Waals surface area contributed by atoms with E-state index in [0.717, 1.165) is 49.4 Å². The molecule has 242 valence electrons. The number of aliphatic imine (C=N–C) groups is 1. The molecule has 7 heteroatoms. The van der Waals surface area contributed by atoms with Gasteiger partial charge in [0.15, 0.2) is 11.6 Å². The van der Waals surface area contributed by atoms with Crippen LogP contribution in [0.15, 0.2) is 83.5 Å². The Labute approximate surface area is 266 Å². The van der Waals surface area contributed by atoms with Crippen LogP contribution in [0.3, 0.4) is 0 Å². The Morgan fingerprint density at radius 3 is 2.09 bits per heavy atom. The van der Waals surface area contributed by atoms with Crippen LogP contribution in [0, 0.1) is 18.6 Å². The van der Waals surface area contributed by atoms with Gasteiger partial charge in [0.25, 0.3) is 0 Å². The quantitative estimate of drug-likeness (QED) is 0.226. The molecule has 2 fully saturated rings. The highest BCUT2D eigenvalue weighted by Gasteiger charge is 2.27. The number of rotatable bonds is 10. The molecule has 0 radical (unpaired) electrons. The molecule has 0 aromatic heterocycles. The number of likely N-dealkylation sites (tertiary alicyclic amines) is 1. The molecular weight excluding hydrogens is 552 g/mol. The maximum absolute atomic E-state index is 12.5. The molecule has 0 bridgehead atoms. The van der Waals surface area contributed by atoms with Gasteiger partial charge in [-0.3, -0.25) is 19.7 Å². The summed E-state index contributed by atoms with van der Waals surface area (Å²) in [5.74, 6) is -1.59. The van der Waals surface area contributed by atoms with E-state index >= 15 is 0 Å². The van der Waals surface area contributed by atoms with E-state index in [4.69, 9.17) is 0 Å². The molecule has 2 heterocycles. The number of piperidine rings is 1. The Hall–Kier alpha value is -2.97.